The Balaban J connectivity index is 2.27. The molecule has 21 heavy (non-hydrogen) atoms. The van der Waals surface area contributed by atoms with Crippen LogP contribution in [0.2, 0.25) is 0 Å². The lowest BCUT2D eigenvalue weighted by Gasteiger charge is -2.20. The summed E-state index contributed by atoms with van der Waals surface area (Å²) in [7, 11) is 0. The third kappa shape index (κ3) is 4.29. The summed E-state index contributed by atoms with van der Waals surface area (Å²) in [4.78, 5) is 14.2. The lowest BCUT2D eigenvalue weighted by molar-refractivity contribution is 0.0764. The average molecular weight is 455 g/mol. The Bertz CT molecular complexity index is 682. The molecule has 0 aromatic heterocycles. The smallest absolute Gasteiger partial charge is 0.256 e. The normalized spacial score (nSPS) is 9.95. The first-order valence-electron chi connectivity index (χ1n) is 6.27. The SMILES string of the molecule is N#CCN(Cc1ccccc1)C(=O)c1cc(I)ccc1Br. The molecule has 0 N–H and O–H groups in total. The van der Waals surface area contributed by atoms with E-state index in [1.807, 2.05) is 48.5 Å². The molecule has 5 heteroatoms. The molecule has 0 aliphatic rings. The Morgan fingerprint density at radius 3 is 2.62 bits per heavy atom. The number of carbonyl (C=O) groups is 1. The fraction of sp³-hybridized carbons (Fsp3) is 0.125. The highest BCUT2D eigenvalue weighted by atomic mass is 127. The van der Waals surface area contributed by atoms with E-state index >= 15 is 0 Å². The predicted molar refractivity (Wildman–Crippen MR) is 93.7 cm³/mol. The van der Waals surface area contributed by atoms with Gasteiger partial charge in [-0.15, -0.1) is 0 Å². The van der Waals surface area contributed by atoms with Crippen molar-refractivity contribution in [1.29, 1.82) is 5.26 Å². The second kappa shape index (κ2) is 7.57. The molecule has 0 saturated heterocycles. The van der Waals surface area contributed by atoms with Gasteiger partial charge in [0.25, 0.3) is 5.91 Å². The van der Waals surface area contributed by atoms with Crippen molar-refractivity contribution in [3.05, 3.63) is 67.7 Å². The van der Waals surface area contributed by atoms with E-state index < -0.39 is 0 Å². The molecule has 0 unspecified atom stereocenters. The van der Waals surface area contributed by atoms with E-state index in [1.54, 1.807) is 4.90 Å². The Labute approximate surface area is 145 Å². The standard InChI is InChI=1S/C16H12BrIN2O/c17-15-7-6-13(18)10-14(15)16(21)20(9-8-19)11-12-4-2-1-3-5-12/h1-7,10H,9,11H2. The fourth-order valence-corrected chi connectivity index (χ4v) is 2.83. The van der Waals surface area contributed by atoms with Crippen molar-refractivity contribution in [2.24, 2.45) is 0 Å². The van der Waals surface area contributed by atoms with Crippen LogP contribution >= 0.6 is 38.5 Å². The Morgan fingerprint density at radius 2 is 1.95 bits per heavy atom. The molecular weight excluding hydrogens is 443 g/mol. The molecule has 2 aromatic carbocycles. The van der Waals surface area contributed by atoms with E-state index in [0.29, 0.717) is 12.1 Å². The zero-order valence-electron chi connectivity index (χ0n) is 11.1. The second-order valence-electron chi connectivity index (χ2n) is 4.43. The Kier molecular flexibility index (Phi) is 5.76. The first-order valence-corrected chi connectivity index (χ1v) is 8.14. The fourth-order valence-electron chi connectivity index (χ4n) is 1.92. The van der Waals surface area contributed by atoms with E-state index in [9.17, 15) is 4.79 Å². The van der Waals surface area contributed by atoms with Gasteiger partial charge >= 0.3 is 0 Å². The van der Waals surface area contributed by atoms with Gasteiger partial charge in [-0.3, -0.25) is 4.79 Å². The molecule has 2 aromatic rings. The van der Waals surface area contributed by atoms with Gasteiger partial charge in [0.05, 0.1) is 11.6 Å². The molecule has 1 amide bonds. The van der Waals surface area contributed by atoms with Crippen LogP contribution in [0.3, 0.4) is 0 Å². The molecular formula is C16H12BrIN2O. The van der Waals surface area contributed by atoms with Crippen LogP contribution in [0.15, 0.2) is 53.0 Å². The van der Waals surface area contributed by atoms with Gasteiger partial charge < -0.3 is 4.90 Å². The molecule has 0 aliphatic carbocycles. The number of rotatable bonds is 4. The maximum absolute atomic E-state index is 12.7. The first kappa shape index (κ1) is 16.0. The molecule has 0 radical (unpaired) electrons. The molecule has 2 rings (SSSR count). The molecule has 0 atom stereocenters. The molecule has 106 valence electrons. The summed E-state index contributed by atoms with van der Waals surface area (Å²) in [5, 5.41) is 8.98. The molecule has 0 fully saturated rings. The summed E-state index contributed by atoms with van der Waals surface area (Å²) >= 11 is 5.57. The van der Waals surface area contributed by atoms with Crippen LogP contribution < -0.4 is 0 Å². The topological polar surface area (TPSA) is 44.1 Å². The van der Waals surface area contributed by atoms with Crippen LogP contribution in [0.25, 0.3) is 0 Å². The number of benzene rings is 2. The second-order valence-corrected chi connectivity index (χ2v) is 6.53. The van der Waals surface area contributed by atoms with Crippen molar-refractivity contribution in [3.63, 3.8) is 0 Å². The average Bonchev–Trinajstić information content (AvgIpc) is 2.49. The molecule has 3 nitrogen and oxygen atoms in total. The van der Waals surface area contributed by atoms with Crippen molar-refractivity contribution in [1.82, 2.24) is 4.90 Å². The van der Waals surface area contributed by atoms with Crippen LogP contribution in [-0.2, 0) is 6.54 Å². The summed E-state index contributed by atoms with van der Waals surface area (Å²) in [5.41, 5.74) is 1.58. The van der Waals surface area contributed by atoms with Crippen LogP contribution in [0.4, 0.5) is 0 Å². The van der Waals surface area contributed by atoms with Gasteiger partial charge in [-0.1, -0.05) is 30.3 Å². The van der Waals surface area contributed by atoms with Crippen molar-refractivity contribution in [3.8, 4) is 6.07 Å². The van der Waals surface area contributed by atoms with E-state index in [0.717, 1.165) is 13.6 Å². The summed E-state index contributed by atoms with van der Waals surface area (Å²) in [6, 6.07) is 17.3. The lowest BCUT2D eigenvalue weighted by atomic mass is 10.1. The minimum absolute atomic E-state index is 0.0612. The predicted octanol–water partition coefficient (Wildman–Crippen LogP) is 4.22. The zero-order valence-corrected chi connectivity index (χ0v) is 14.8. The highest BCUT2D eigenvalue weighted by Crippen LogP contribution is 2.22. The van der Waals surface area contributed by atoms with Crippen LogP contribution in [0.1, 0.15) is 15.9 Å². The summed E-state index contributed by atoms with van der Waals surface area (Å²) in [6.45, 7) is 0.483. The maximum Gasteiger partial charge on any atom is 0.256 e. The van der Waals surface area contributed by atoms with Crippen LogP contribution in [-0.4, -0.2) is 17.4 Å². The molecule has 0 saturated carbocycles. The largest absolute Gasteiger partial charge is 0.321 e. The van der Waals surface area contributed by atoms with Crippen LogP contribution in [0, 0.1) is 14.9 Å². The minimum Gasteiger partial charge on any atom is -0.321 e. The number of amides is 1. The van der Waals surface area contributed by atoms with E-state index in [-0.39, 0.29) is 12.5 Å². The van der Waals surface area contributed by atoms with Gasteiger partial charge in [0, 0.05) is 14.6 Å². The number of nitrogens with zero attached hydrogens (tertiary/aromatic N) is 2. The third-order valence-electron chi connectivity index (χ3n) is 2.92. The van der Waals surface area contributed by atoms with Gasteiger partial charge in [-0.25, -0.2) is 0 Å². The van der Waals surface area contributed by atoms with E-state index in [1.165, 1.54) is 0 Å². The number of hydrogen-bond acceptors (Lipinski definition) is 2. The molecule has 0 heterocycles. The van der Waals surface area contributed by atoms with E-state index in [2.05, 4.69) is 44.6 Å². The van der Waals surface area contributed by atoms with Crippen LogP contribution in [0.5, 0.6) is 0 Å². The lowest BCUT2D eigenvalue weighted by Crippen LogP contribution is -2.31. The van der Waals surface area contributed by atoms with Gasteiger partial charge in [0.2, 0.25) is 0 Å². The molecule has 0 aliphatic heterocycles. The Morgan fingerprint density at radius 1 is 1.24 bits per heavy atom. The van der Waals surface area contributed by atoms with Gasteiger partial charge in [0.1, 0.15) is 6.54 Å². The third-order valence-corrected chi connectivity index (χ3v) is 4.29. The summed E-state index contributed by atoms with van der Waals surface area (Å²) in [6.07, 6.45) is 0. The van der Waals surface area contributed by atoms with E-state index in [4.69, 9.17) is 5.26 Å². The van der Waals surface area contributed by atoms with Crippen molar-refractivity contribution < 1.29 is 4.79 Å². The van der Waals surface area contributed by atoms with Gasteiger partial charge in [0.15, 0.2) is 0 Å². The van der Waals surface area contributed by atoms with Crippen molar-refractivity contribution in [2.75, 3.05) is 6.54 Å². The first-order chi connectivity index (χ1) is 10.1. The number of halogens is 2. The number of hydrogen-bond donors (Lipinski definition) is 0. The molecule has 0 spiro atoms. The highest BCUT2D eigenvalue weighted by Gasteiger charge is 2.18. The zero-order chi connectivity index (χ0) is 15.2. The van der Waals surface area contributed by atoms with Crippen molar-refractivity contribution in [2.45, 2.75) is 6.54 Å². The highest BCUT2D eigenvalue weighted by molar-refractivity contribution is 14.1. The summed E-state index contributed by atoms with van der Waals surface area (Å²) < 4.78 is 1.72. The maximum atomic E-state index is 12.7. The quantitative estimate of drug-likeness (QED) is 0.512. The Hall–Kier alpha value is -1.39. The number of carbonyl (C=O) groups excluding carboxylic acids is 1. The monoisotopic (exact) mass is 454 g/mol. The molecule has 0 bridgehead atoms. The minimum atomic E-state index is -0.147. The summed E-state index contributed by atoms with van der Waals surface area (Å²) in [5.74, 6) is -0.147. The van der Waals surface area contributed by atoms with Gasteiger partial charge in [-0.05, 0) is 62.3 Å². The number of nitriles is 1. The van der Waals surface area contributed by atoms with Gasteiger partial charge in [-0.2, -0.15) is 5.26 Å². The van der Waals surface area contributed by atoms with Crippen molar-refractivity contribution >= 4 is 44.4 Å².